The fourth-order valence-electron chi connectivity index (χ4n) is 3.34. The zero-order chi connectivity index (χ0) is 19.3. The molecule has 0 aromatic heterocycles. The van der Waals surface area contributed by atoms with Crippen LogP contribution in [-0.4, -0.2) is 23.7 Å². The van der Waals surface area contributed by atoms with Crippen LogP contribution in [0.1, 0.15) is 22.3 Å². The summed E-state index contributed by atoms with van der Waals surface area (Å²) >= 11 is 0. The molecule has 0 fully saturated rings. The highest BCUT2D eigenvalue weighted by Crippen LogP contribution is 2.36. The van der Waals surface area contributed by atoms with Crippen LogP contribution in [0.25, 0.3) is 0 Å². The van der Waals surface area contributed by atoms with E-state index < -0.39 is 17.6 Å². The SMILES string of the molecule is Cc1ccc(C(NC[C@H](N)C(=O)O)(c2ccccc2)c2ccccc2)cc1. The van der Waals surface area contributed by atoms with Crippen molar-refractivity contribution in [2.75, 3.05) is 6.54 Å². The topological polar surface area (TPSA) is 75.3 Å². The van der Waals surface area contributed by atoms with Gasteiger partial charge in [-0.3, -0.25) is 10.1 Å². The average Bonchev–Trinajstić information content (AvgIpc) is 2.71. The van der Waals surface area contributed by atoms with Crippen LogP contribution in [-0.2, 0) is 10.3 Å². The van der Waals surface area contributed by atoms with Crippen molar-refractivity contribution >= 4 is 5.97 Å². The zero-order valence-corrected chi connectivity index (χ0v) is 15.3. The molecule has 0 heterocycles. The van der Waals surface area contributed by atoms with E-state index in [9.17, 15) is 9.90 Å². The van der Waals surface area contributed by atoms with Crippen molar-refractivity contribution in [2.45, 2.75) is 18.5 Å². The van der Waals surface area contributed by atoms with Crippen molar-refractivity contribution in [2.24, 2.45) is 5.73 Å². The number of hydrogen-bond acceptors (Lipinski definition) is 3. The molecular weight excluding hydrogens is 336 g/mol. The maximum atomic E-state index is 11.3. The van der Waals surface area contributed by atoms with Gasteiger partial charge in [0.1, 0.15) is 6.04 Å². The Morgan fingerprint density at radius 2 is 1.33 bits per heavy atom. The Hall–Kier alpha value is -2.95. The molecule has 0 spiro atoms. The molecule has 0 amide bonds. The largest absolute Gasteiger partial charge is 0.480 e. The molecule has 0 saturated carbocycles. The summed E-state index contributed by atoms with van der Waals surface area (Å²) in [5.74, 6) is -1.03. The van der Waals surface area contributed by atoms with Crippen molar-refractivity contribution in [3.8, 4) is 0 Å². The van der Waals surface area contributed by atoms with Crippen LogP contribution in [0.5, 0.6) is 0 Å². The smallest absolute Gasteiger partial charge is 0.321 e. The summed E-state index contributed by atoms with van der Waals surface area (Å²) in [6.07, 6.45) is 0. The first kappa shape index (κ1) is 18.8. The lowest BCUT2D eigenvalue weighted by atomic mass is 9.76. The Bertz CT molecular complexity index is 838. The minimum absolute atomic E-state index is 0.132. The number of carboxylic acids is 1. The molecule has 138 valence electrons. The summed E-state index contributed by atoms with van der Waals surface area (Å²) < 4.78 is 0. The van der Waals surface area contributed by atoms with Gasteiger partial charge in [0.25, 0.3) is 0 Å². The predicted octanol–water partition coefficient (Wildman–Crippen LogP) is 3.29. The number of carboxylic acid groups (broad SMARTS) is 1. The number of benzene rings is 3. The van der Waals surface area contributed by atoms with E-state index in [1.165, 1.54) is 0 Å². The number of aliphatic carboxylic acids is 1. The Morgan fingerprint density at radius 3 is 1.78 bits per heavy atom. The second kappa shape index (κ2) is 8.16. The lowest BCUT2D eigenvalue weighted by Crippen LogP contribution is -2.51. The van der Waals surface area contributed by atoms with Crippen molar-refractivity contribution < 1.29 is 9.90 Å². The third kappa shape index (κ3) is 3.92. The van der Waals surface area contributed by atoms with Crippen molar-refractivity contribution in [3.05, 3.63) is 107 Å². The number of nitrogens with one attached hydrogen (secondary N) is 1. The van der Waals surface area contributed by atoms with Crippen LogP contribution >= 0.6 is 0 Å². The van der Waals surface area contributed by atoms with Gasteiger partial charge in [-0.2, -0.15) is 0 Å². The molecule has 0 aliphatic rings. The predicted molar refractivity (Wildman–Crippen MR) is 108 cm³/mol. The monoisotopic (exact) mass is 360 g/mol. The molecule has 27 heavy (non-hydrogen) atoms. The lowest BCUT2D eigenvalue weighted by Gasteiger charge is -2.37. The van der Waals surface area contributed by atoms with E-state index >= 15 is 0 Å². The van der Waals surface area contributed by atoms with Crippen molar-refractivity contribution in [1.29, 1.82) is 0 Å². The highest BCUT2D eigenvalue weighted by molar-refractivity contribution is 5.73. The van der Waals surface area contributed by atoms with Gasteiger partial charge in [0.15, 0.2) is 0 Å². The fourth-order valence-corrected chi connectivity index (χ4v) is 3.34. The van der Waals surface area contributed by atoms with Crippen LogP contribution in [0.4, 0.5) is 0 Å². The van der Waals surface area contributed by atoms with Crippen LogP contribution in [0.2, 0.25) is 0 Å². The molecule has 0 unspecified atom stereocenters. The second-order valence-electron chi connectivity index (χ2n) is 6.67. The molecule has 3 aromatic carbocycles. The van der Waals surface area contributed by atoms with Crippen LogP contribution < -0.4 is 11.1 Å². The summed E-state index contributed by atoms with van der Waals surface area (Å²) in [5.41, 5.74) is 9.36. The van der Waals surface area contributed by atoms with Gasteiger partial charge >= 0.3 is 5.97 Å². The maximum absolute atomic E-state index is 11.3. The molecule has 0 aliphatic carbocycles. The molecule has 3 rings (SSSR count). The molecule has 0 radical (unpaired) electrons. The van der Waals surface area contributed by atoms with E-state index in [2.05, 4.69) is 29.6 Å². The molecule has 0 bridgehead atoms. The van der Waals surface area contributed by atoms with Gasteiger partial charge in [-0.1, -0.05) is 90.5 Å². The van der Waals surface area contributed by atoms with E-state index in [4.69, 9.17) is 5.73 Å². The van der Waals surface area contributed by atoms with Gasteiger partial charge in [-0.25, -0.2) is 0 Å². The molecule has 1 atom stereocenters. The first-order valence-corrected chi connectivity index (χ1v) is 8.95. The Balaban J connectivity index is 2.21. The Labute approximate surface area is 159 Å². The first-order chi connectivity index (χ1) is 13.0. The van der Waals surface area contributed by atoms with E-state index in [0.717, 1.165) is 22.3 Å². The molecule has 4 nitrogen and oxygen atoms in total. The number of carbonyl (C=O) groups is 1. The molecule has 0 aliphatic heterocycles. The summed E-state index contributed by atoms with van der Waals surface area (Å²) in [6, 6.07) is 27.4. The first-order valence-electron chi connectivity index (χ1n) is 8.95. The second-order valence-corrected chi connectivity index (χ2v) is 6.67. The summed E-state index contributed by atoms with van der Waals surface area (Å²) in [6.45, 7) is 2.18. The van der Waals surface area contributed by atoms with Gasteiger partial charge in [-0.15, -0.1) is 0 Å². The van der Waals surface area contributed by atoms with E-state index in [-0.39, 0.29) is 6.54 Å². The lowest BCUT2D eigenvalue weighted by molar-refractivity contribution is -0.138. The van der Waals surface area contributed by atoms with Gasteiger partial charge in [-0.05, 0) is 23.6 Å². The average molecular weight is 360 g/mol. The van der Waals surface area contributed by atoms with Crippen LogP contribution in [0, 0.1) is 6.92 Å². The van der Waals surface area contributed by atoms with E-state index in [1.54, 1.807) is 0 Å². The standard InChI is InChI=1S/C23H24N2O2/c1-17-12-14-20(15-13-17)23(18-8-4-2-5-9-18,19-10-6-3-7-11-19)25-16-21(24)22(26)27/h2-15,21,25H,16,24H2,1H3,(H,26,27)/t21-/m0/s1. The molecule has 4 N–H and O–H groups in total. The number of rotatable bonds is 7. The van der Waals surface area contributed by atoms with E-state index in [1.807, 2.05) is 67.6 Å². The normalized spacial score (nSPS) is 12.5. The summed E-state index contributed by atoms with van der Waals surface area (Å²) in [7, 11) is 0. The third-order valence-corrected chi connectivity index (χ3v) is 4.80. The quantitative estimate of drug-likeness (QED) is 0.565. The Kier molecular flexibility index (Phi) is 5.69. The van der Waals surface area contributed by atoms with Gasteiger partial charge < -0.3 is 10.8 Å². The van der Waals surface area contributed by atoms with Crippen molar-refractivity contribution in [3.63, 3.8) is 0 Å². The highest BCUT2D eigenvalue weighted by atomic mass is 16.4. The maximum Gasteiger partial charge on any atom is 0.321 e. The molecule has 3 aromatic rings. The fraction of sp³-hybridized carbons (Fsp3) is 0.174. The van der Waals surface area contributed by atoms with E-state index in [0.29, 0.717) is 0 Å². The van der Waals surface area contributed by atoms with Crippen LogP contribution in [0.15, 0.2) is 84.9 Å². The van der Waals surface area contributed by atoms with Crippen LogP contribution in [0.3, 0.4) is 0 Å². The number of hydrogen-bond donors (Lipinski definition) is 3. The third-order valence-electron chi connectivity index (χ3n) is 4.80. The zero-order valence-electron chi connectivity index (χ0n) is 15.3. The summed E-state index contributed by atoms with van der Waals surface area (Å²) in [4.78, 5) is 11.3. The minimum atomic E-state index is -1.03. The number of nitrogens with two attached hydrogens (primary N) is 1. The van der Waals surface area contributed by atoms with Gasteiger partial charge in [0, 0.05) is 6.54 Å². The number of aryl methyl sites for hydroxylation is 1. The molecule has 4 heteroatoms. The van der Waals surface area contributed by atoms with Gasteiger partial charge in [0.05, 0.1) is 5.54 Å². The minimum Gasteiger partial charge on any atom is -0.480 e. The molecular formula is C23H24N2O2. The van der Waals surface area contributed by atoms with Crippen molar-refractivity contribution in [1.82, 2.24) is 5.32 Å². The molecule has 0 saturated heterocycles. The van der Waals surface area contributed by atoms with Gasteiger partial charge in [0.2, 0.25) is 0 Å². The summed E-state index contributed by atoms with van der Waals surface area (Å²) in [5, 5.41) is 12.7. The Morgan fingerprint density at radius 1 is 0.889 bits per heavy atom. The highest BCUT2D eigenvalue weighted by Gasteiger charge is 2.36.